The smallest absolute Gasteiger partial charge is 0.306 e. The molecule has 0 aliphatic carbocycles. The van der Waals surface area contributed by atoms with Crippen LogP contribution in [0.15, 0.2) is 24.3 Å². The van der Waals surface area contributed by atoms with Gasteiger partial charge in [0.25, 0.3) is 0 Å². The Bertz CT molecular complexity index is 613. The van der Waals surface area contributed by atoms with Crippen molar-refractivity contribution >= 4 is 17.8 Å². The molecule has 0 bridgehead atoms. The molecule has 5 nitrogen and oxygen atoms in total. The molecule has 130 valence electrons. The number of benzene rings is 1. The molecule has 2 rings (SSSR count). The number of imide groups is 1. The number of carbonyl (C=O) groups excluding carboxylic acids is 3. The van der Waals surface area contributed by atoms with E-state index in [1.54, 1.807) is 0 Å². The fourth-order valence-electron chi connectivity index (χ4n) is 2.70. The van der Waals surface area contributed by atoms with Gasteiger partial charge in [0.15, 0.2) is 0 Å². The number of aryl methyl sites for hydroxylation is 1. The molecule has 0 aromatic heterocycles. The number of carbonyl (C=O) groups is 3. The van der Waals surface area contributed by atoms with Gasteiger partial charge in [0.2, 0.25) is 11.8 Å². The van der Waals surface area contributed by atoms with E-state index in [0.717, 1.165) is 11.1 Å². The van der Waals surface area contributed by atoms with Gasteiger partial charge in [-0.15, -0.1) is 0 Å². The first-order chi connectivity index (χ1) is 11.2. The van der Waals surface area contributed by atoms with Gasteiger partial charge in [-0.1, -0.05) is 24.3 Å². The lowest BCUT2D eigenvalue weighted by molar-refractivity contribution is -0.154. The van der Waals surface area contributed by atoms with Gasteiger partial charge in [-0.3, -0.25) is 19.7 Å². The van der Waals surface area contributed by atoms with Crippen LogP contribution in [-0.4, -0.2) is 23.4 Å². The number of hydrogen-bond donors (Lipinski definition) is 1. The Hall–Kier alpha value is -2.17. The molecule has 1 aromatic rings. The number of ether oxygens (including phenoxy) is 1. The third-order valence-corrected chi connectivity index (χ3v) is 3.90. The second kappa shape index (κ2) is 7.60. The van der Waals surface area contributed by atoms with Gasteiger partial charge in [0.05, 0.1) is 0 Å². The molecular formula is C19H25NO4. The number of nitrogens with one attached hydrogen (secondary N) is 1. The summed E-state index contributed by atoms with van der Waals surface area (Å²) in [6.07, 6.45) is 2.62. The van der Waals surface area contributed by atoms with Gasteiger partial charge in [-0.05, 0) is 51.2 Å². The molecule has 1 atom stereocenters. The molecule has 0 radical (unpaired) electrons. The minimum Gasteiger partial charge on any atom is -0.460 e. The van der Waals surface area contributed by atoms with Crippen LogP contribution in [0.5, 0.6) is 0 Å². The van der Waals surface area contributed by atoms with Crippen molar-refractivity contribution < 1.29 is 19.1 Å². The zero-order valence-electron chi connectivity index (χ0n) is 14.6. The van der Waals surface area contributed by atoms with Crippen LogP contribution in [-0.2, 0) is 32.0 Å². The van der Waals surface area contributed by atoms with E-state index in [0.29, 0.717) is 32.1 Å². The lowest BCUT2D eigenvalue weighted by atomic mass is 9.91. The summed E-state index contributed by atoms with van der Waals surface area (Å²) in [6.45, 7) is 5.57. The van der Waals surface area contributed by atoms with Crippen molar-refractivity contribution in [3.05, 3.63) is 35.4 Å². The largest absolute Gasteiger partial charge is 0.460 e. The summed E-state index contributed by atoms with van der Waals surface area (Å²) >= 11 is 0. The molecule has 1 unspecified atom stereocenters. The Labute approximate surface area is 142 Å². The standard InChI is InChI=1S/C19H25NO4/c1-19(2,3)24-17(22)11-8-13-4-6-14(7-5-13)12-15-9-10-16(21)20-18(15)23/h4-7,15H,8-12H2,1-3H3,(H,20,21,23). The summed E-state index contributed by atoms with van der Waals surface area (Å²) in [4.78, 5) is 34.7. The summed E-state index contributed by atoms with van der Waals surface area (Å²) in [7, 11) is 0. The van der Waals surface area contributed by atoms with Crippen molar-refractivity contribution in [1.82, 2.24) is 5.32 Å². The Balaban J connectivity index is 1.83. The second-order valence-electron chi connectivity index (χ2n) is 7.26. The van der Waals surface area contributed by atoms with E-state index in [2.05, 4.69) is 5.32 Å². The minimum absolute atomic E-state index is 0.143. The van der Waals surface area contributed by atoms with Crippen molar-refractivity contribution in [1.29, 1.82) is 0 Å². The number of piperidine rings is 1. The Morgan fingerprint density at radius 1 is 1.17 bits per heavy atom. The van der Waals surface area contributed by atoms with Crippen LogP contribution in [0.3, 0.4) is 0 Å². The molecule has 1 fully saturated rings. The average molecular weight is 331 g/mol. The minimum atomic E-state index is -0.455. The molecule has 0 spiro atoms. The van der Waals surface area contributed by atoms with Crippen LogP contribution < -0.4 is 5.32 Å². The topological polar surface area (TPSA) is 72.5 Å². The summed E-state index contributed by atoms with van der Waals surface area (Å²) in [5.74, 6) is -0.709. The third-order valence-electron chi connectivity index (χ3n) is 3.90. The summed E-state index contributed by atoms with van der Waals surface area (Å²) < 4.78 is 5.29. The molecule has 1 aliphatic heterocycles. The van der Waals surface area contributed by atoms with Crippen molar-refractivity contribution in [2.75, 3.05) is 0 Å². The van der Waals surface area contributed by atoms with Crippen LogP contribution in [0, 0.1) is 5.92 Å². The van der Waals surface area contributed by atoms with Gasteiger partial charge >= 0.3 is 5.97 Å². The highest BCUT2D eigenvalue weighted by Crippen LogP contribution is 2.19. The van der Waals surface area contributed by atoms with Gasteiger partial charge in [0, 0.05) is 18.8 Å². The van der Waals surface area contributed by atoms with E-state index in [1.165, 1.54) is 0 Å². The van der Waals surface area contributed by atoms with E-state index in [4.69, 9.17) is 4.74 Å². The maximum Gasteiger partial charge on any atom is 0.306 e. The van der Waals surface area contributed by atoms with Crippen molar-refractivity contribution in [2.24, 2.45) is 5.92 Å². The predicted molar refractivity (Wildman–Crippen MR) is 90.2 cm³/mol. The zero-order chi connectivity index (χ0) is 17.7. The first-order valence-electron chi connectivity index (χ1n) is 8.36. The Morgan fingerprint density at radius 3 is 2.38 bits per heavy atom. The monoisotopic (exact) mass is 331 g/mol. The first kappa shape index (κ1) is 18.2. The van der Waals surface area contributed by atoms with Crippen LogP contribution in [0.4, 0.5) is 0 Å². The van der Waals surface area contributed by atoms with Crippen molar-refractivity contribution in [3.8, 4) is 0 Å². The average Bonchev–Trinajstić information content (AvgIpc) is 2.48. The molecular weight excluding hydrogens is 306 g/mol. The Morgan fingerprint density at radius 2 is 1.79 bits per heavy atom. The molecule has 5 heteroatoms. The fourth-order valence-corrected chi connectivity index (χ4v) is 2.70. The van der Waals surface area contributed by atoms with Crippen LogP contribution in [0.2, 0.25) is 0 Å². The van der Waals surface area contributed by atoms with Gasteiger partial charge in [-0.25, -0.2) is 0 Å². The van der Waals surface area contributed by atoms with Crippen LogP contribution in [0.1, 0.15) is 51.2 Å². The lowest BCUT2D eigenvalue weighted by Crippen LogP contribution is -2.41. The number of esters is 1. The third kappa shape index (κ3) is 5.80. The predicted octanol–water partition coefficient (Wildman–Crippen LogP) is 2.56. The maximum absolute atomic E-state index is 11.8. The van der Waals surface area contributed by atoms with Gasteiger partial charge in [0.1, 0.15) is 5.60 Å². The highest BCUT2D eigenvalue weighted by molar-refractivity contribution is 5.98. The highest BCUT2D eigenvalue weighted by atomic mass is 16.6. The molecule has 1 aromatic carbocycles. The molecule has 0 saturated carbocycles. The van der Waals surface area contributed by atoms with E-state index in [9.17, 15) is 14.4 Å². The van der Waals surface area contributed by atoms with E-state index >= 15 is 0 Å². The number of rotatable bonds is 5. The lowest BCUT2D eigenvalue weighted by Gasteiger charge is -2.20. The summed E-state index contributed by atoms with van der Waals surface area (Å²) in [5.41, 5.74) is 1.67. The quantitative estimate of drug-likeness (QED) is 0.665. The number of amides is 2. The molecule has 1 heterocycles. The Kier molecular flexibility index (Phi) is 5.75. The van der Waals surface area contributed by atoms with Gasteiger partial charge < -0.3 is 4.74 Å². The summed E-state index contributed by atoms with van der Waals surface area (Å²) in [5, 5.41) is 2.38. The maximum atomic E-state index is 11.8. The van der Waals surface area contributed by atoms with E-state index < -0.39 is 5.60 Å². The van der Waals surface area contributed by atoms with Crippen LogP contribution >= 0.6 is 0 Å². The first-order valence-corrected chi connectivity index (χ1v) is 8.36. The normalized spacial score (nSPS) is 18.2. The molecule has 1 aliphatic rings. The second-order valence-corrected chi connectivity index (χ2v) is 7.26. The van der Waals surface area contributed by atoms with E-state index in [-0.39, 0.29) is 23.7 Å². The van der Waals surface area contributed by atoms with E-state index in [1.807, 2.05) is 45.0 Å². The van der Waals surface area contributed by atoms with Gasteiger partial charge in [-0.2, -0.15) is 0 Å². The highest BCUT2D eigenvalue weighted by Gasteiger charge is 2.26. The fraction of sp³-hybridized carbons (Fsp3) is 0.526. The summed E-state index contributed by atoms with van der Waals surface area (Å²) in [6, 6.07) is 7.92. The number of hydrogen-bond acceptors (Lipinski definition) is 4. The zero-order valence-corrected chi connectivity index (χ0v) is 14.6. The van der Waals surface area contributed by atoms with Crippen molar-refractivity contribution in [2.45, 2.75) is 58.5 Å². The van der Waals surface area contributed by atoms with Crippen LogP contribution in [0.25, 0.3) is 0 Å². The SMILES string of the molecule is CC(C)(C)OC(=O)CCc1ccc(CC2CCC(=O)NC2=O)cc1. The molecule has 1 saturated heterocycles. The molecule has 24 heavy (non-hydrogen) atoms. The molecule has 1 N–H and O–H groups in total. The molecule has 2 amide bonds. The van der Waals surface area contributed by atoms with Crippen molar-refractivity contribution in [3.63, 3.8) is 0 Å².